The van der Waals surface area contributed by atoms with Crippen LogP contribution in [0.3, 0.4) is 0 Å². The van der Waals surface area contributed by atoms with Crippen molar-refractivity contribution >= 4 is 0 Å². The fourth-order valence-electron chi connectivity index (χ4n) is 0.567. The lowest BCUT2D eigenvalue weighted by Gasteiger charge is -2.05. The molecule has 0 rings (SSSR count). The summed E-state index contributed by atoms with van der Waals surface area (Å²) < 4.78 is 0. The second-order valence-corrected chi connectivity index (χ2v) is 2.13. The first-order chi connectivity index (χ1) is 3.81. The van der Waals surface area contributed by atoms with E-state index in [1.165, 1.54) is 25.3 Å². The molecule has 1 radical (unpaired) electrons. The molecule has 0 aliphatic rings. The summed E-state index contributed by atoms with van der Waals surface area (Å²) in [6, 6.07) is 1.40. The van der Waals surface area contributed by atoms with E-state index in [1.807, 2.05) is 7.05 Å². The molecule has 0 aliphatic heterocycles. The molecule has 0 amide bonds. The number of rotatable bonds is 4. The van der Waals surface area contributed by atoms with E-state index in [0.29, 0.717) is 0 Å². The van der Waals surface area contributed by atoms with Crippen molar-refractivity contribution in [1.82, 2.24) is 5.32 Å². The highest BCUT2D eigenvalue weighted by molar-refractivity contribution is 4.76. The maximum absolute atomic E-state index is 3.12. The van der Waals surface area contributed by atoms with Crippen LogP contribution in [-0.2, 0) is 0 Å². The number of unbranched alkanes of at least 4 members (excludes halogenated alkanes) is 1. The van der Waals surface area contributed by atoms with Gasteiger partial charge in [-0.15, -0.1) is 0 Å². The third-order valence-corrected chi connectivity index (χ3v) is 1.33. The van der Waals surface area contributed by atoms with Gasteiger partial charge in [0.05, 0.1) is 0 Å². The van der Waals surface area contributed by atoms with Gasteiger partial charge in [-0.3, -0.25) is 0 Å². The molecule has 0 spiro atoms. The van der Waals surface area contributed by atoms with Crippen LogP contribution >= 0.6 is 0 Å². The molecule has 0 saturated heterocycles. The van der Waals surface area contributed by atoms with Gasteiger partial charge in [-0.05, 0) is 20.4 Å². The molecule has 0 aromatic rings. The predicted octanol–water partition coefficient (Wildman–Crippen LogP) is 1.95. The minimum absolute atomic E-state index is 1.23. The van der Waals surface area contributed by atoms with Crippen LogP contribution in [0.4, 0.5) is 0 Å². The molecule has 0 aromatic carbocycles. The van der Waals surface area contributed by atoms with E-state index in [0.717, 1.165) is 0 Å². The van der Waals surface area contributed by atoms with Gasteiger partial charge in [-0.2, -0.15) is 0 Å². The molecule has 0 aromatic heterocycles. The van der Waals surface area contributed by atoms with Crippen LogP contribution in [0.25, 0.3) is 0 Å². The Morgan fingerprint density at radius 2 is 2.12 bits per heavy atom. The van der Waals surface area contributed by atoms with Gasteiger partial charge in [0.1, 0.15) is 0 Å². The van der Waals surface area contributed by atoms with E-state index < -0.39 is 0 Å². The van der Waals surface area contributed by atoms with E-state index >= 15 is 0 Å². The maximum Gasteiger partial charge on any atom is 0.0330 e. The molecule has 0 unspecified atom stereocenters. The molecular weight excluding hydrogens is 98.1 g/mol. The van der Waals surface area contributed by atoms with Crippen molar-refractivity contribution in [1.29, 1.82) is 0 Å². The molecule has 0 heterocycles. The Kier molecular flexibility index (Phi) is 5.08. The molecule has 1 nitrogen and oxygen atoms in total. The van der Waals surface area contributed by atoms with E-state index in [-0.39, 0.29) is 0 Å². The first-order valence-electron chi connectivity index (χ1n) is 3.31. The minimum atomic E-state index is 1.23. The van der Waals surface area contributed by atoms with Crippen LogP contribution < -0.4 is 5.32 Å². The van der Waals surface area contributed by atoms with Gasteiger partial charge in [0.15, 0.2) is 0 Å². The number of nitrogens with one attached hydrogen (secondary N) is 1. The third-order valence-electron chi connectivity index (χ3n) is 1.33. The average molecular weight is 114 g/mol. The Hall–Kier alpha value is -0.0400. The topological polar surface area (TPSA) is 12.0 Å². The third kappa shape index (κ3) is 4.13. The van der Waals surface area contributed by atoms with Gasteiger partial charge in [0.25, 0.3) is 0 Å². The molecule has 0 saturated carbocycles. The second-order valence-electron chi connectivity index (χ2n) is 2.13. The zero-order chi connectivity index (χ0) is 6.41. The van der Waals surface area contributed by atoms with Crippen molar-refractivity contribution in [2.75, 3.05) is 7.05 Å². The summed E-state index contributed by atoms with van der Waals surface area (Å²) in [7, 11) is 1.98. The summed E-state index contributed by atoms with van der Waals surface area (Å²) >= 11 is 0. The van der Waals surface area contributed by atoms with Crippen LogP contribution in [0, 0.1) is 6.04 Å². The fourth-order valence-corrected chi connectivity index (χ4v) is 0.567. The molecule has 0 bridgehead atoms. The number of hydrogen-bond acceptors (Lipinski definition) is 1. The zero-order valence-electron chi connectivity index (χ0n) is 6.12. The van der Waals surface area contributed by atoms with Crippen molar-refractivity contribution in [3.05, 3.63) is 6.04 Å². The smallest absolute Gasteiger partial charge is 0.0330 e. The minimum Gasteiger partial charge on any atom is -0.313 e. The van der Waals surface area contributed by atoms with Crippen LogP contribution in [0.15, 0.2) is 0 Å². The standard InChI is InChI=1S/C7H16N/c1-4-5-6-7(2)8-3/h8H,4-6H2,1-3H3. The van der Waals surface area contributed by atoms with Gasteiger partial charge >= 0.3 is 0 Å². The average Bonchev–Trinajstić information content (AvgIpc) is 1.83. The normalized spacial score (nSPS) is 10.5. The van der Waals surface area contributed by atoms with Crippen molar-refractivity contribution < 1.29 is 0 Å². The Labute approximate surface area is 52.5 Å². The summed E-state index contributed by atoms with van der Waals surface area (Å²) in [5, 5.41) is 3.12. The highest BCUT2D eigenvalue weighted by Gasteiger charge is 1.94. The first-order valence-corrected chi connectivity index (χ1v) is 3.31. The lowest BCUT2D eigenvalue weighted by molar-refractivity contribution is 0.657. The van der Waals surface area contributed by atoms with Crippen molar-refractivity contribution in [2.24, 2.45) is 0 Å². The number of hydrogen-bond donors (Lipinski definition) is 1. The largest absolute Gasteiger partial charge is 0.313 e. The van der Waals surface area contributed by atoms with E-state index in [1.54, 1.807) is 0 Å². The van der Waals surface area contributed by atoms with Crippen LogP contribution in [-0.4, -0.2) is 7.05 Å². The summed E-state index contributed by atoms with van der Waals surface area (Å²) in [6.45, 7) is 4.35. The van der Waals surface area contributed by atoms with Crippen molar-refractivity contribution in [3.63, 3.8) is 0 Å². The van der Waals surface area contributed by atoms with E-state index in [9.17, 15) is 0 Å². The first kappa shape index (κ1) is 7.96. The fraction of sp³-hybridized carbons (Fsp3) is 0.857. The summed E-state index contributed by atoms with van der Waals surface area (Å²) in [4.78, 5) is 0. The Morgan fingerprint density at radius 1 is 1.50 bits per heavy atom. The molecule has 1 heteroatoms. The zero-order valence-corrected chi connectivity index (χ0v) is 6.12. The Morgan fingerprint density at radius 3 is 2.50 bits per heavy atom. The van der Waals surface area contributed by atoms with Crippen LogP contribution in [0.5, 0.6) is 0 Å². The second kappa shape index (κ2) is 5.10. The SMILES string of the molecule is CCCC[C](C)NC. The van der Waals surface area contributed by atoms with Gasteiger partial charge in [-0.1, -0.05) is 19.8 Å². The highest BCUT2D eigenvalue weighted by atomic mass is 14.8. The van der Waals surface area contributed by atoms with Crippen molar-refractivity contribution in [3.8, 4) is 0 Å². The highest BCUT2D eigenvalue weighted by Crippen LogP contribution is 2.03. The van der Waals surface area contributed by atoms with Crippen molar-refractivity contribution in [2.45, 2.75) is 33.1 Å². The molecule has 0 atom stereocenters. The molecule has 8 heavy (non-hydrogen) atoms. The molecule has 49 valence electrons. The lowest BCUT2D eigenvalue weighted by atomic mass is 10.1. The van der Waals surface area contributed by atoms with Crippen LogP contribution in [0.2, 0.25) is 0 Å². The summed E-state index contributed by atoms with van der Waals surface area (Å²) in [5.41, 5.74) is 0. The van der Waals surface area contributed by atoms with Crippen LogP contribution in [0.1, 0.15) is 33.1 Å². The molecule has 1 N–H and O–H groups in total. The van der Waals surface area contributed by atoms with E-state index in [4.69, 9.17) is 0 Å². The lowest BCUT2D eigenvalue weighted by Crippen LogP contribution is -2.11. The van der Waals surface area contributed by atoms with E-state index in [2.05, 4.69) is 19.2 Å². The molecule has 0 aliphatic carbocycles. The summed E-state index contributed by atoms with van der Waals surface area (Å²) in [5.74, 6) is 0. The monoisotopic (exact) mass is 114 g/mol. The Balaban J connectivity index is 2.86. The maximum atomic E-state index is 3.12. The Bertz CT molecular complexity index is 43.7. The summed E-state index contributed by atoms with van der Waals surface area (Å²) in [6.07, 6.45) is 3.83. The molecular formula is C7H16N. The quantitative estimate of drug-likeness (QED) is 0.589. The van der Waals surface area contributed by atoms with Gasteiger partial charge < -0.3 is 5.32 Å². The van der Waals surface area contributed by atoms with Gasteiger partial charge in [0, 0.05) is 6.04 Å². The predicted molar refractivity (Wildman–Crippen MR) is 37.5 cm³/mol. The van der Waals surface area contributed by atoms with Gasteiger partial charge in [0.2, 0.25) is 0 Å². The molecule has 0 fully saturated rings. The van der Waals surface area contributed by atoms with Gasteiger partial charge in [-0.25, -0.2) is 0 Å².